The predicted molar refractivity (Wildman–Crippen MR) is 86.7 cm³/mol. The molecule has 0 aliphatic carbocycles. The minimum Gasteiger partial charge on any atom is -0.131 e. The predicted octanol–water partition coefficient (Wildman–Crippen LogP) is 5.67. The van der Waals surface area contributed by atoms with Crippen LogP contribution in [0.25, 0.3) is 0 Å². The van der Waals surface area contributed by atoms with Crippen molar-refractivity contribution in [2.45, 2.75) is 53.9 Å². The van der Waals surface area contributed by atoms with Crippen molar-refractivity contribution in [3.05, 3.63) is 23.1 Å². The van der Waals surface area contributed by atoms with Crippen molar-refractivity contribution in [1.29, 1.82) is 0 Å². The Kier molecular flexibility index (Phi) is 11.1. The van der Waals surface area contributed by atoms with Crippen LogP contribution in [0.4, 0.5) is 0 Å². The lowest BCUT2D eigenvalue weighted by molar-refractivity contribution is 0.806. The van der Waals surface area contributed by atoms with Crippen LogP contribution in [0.3, 0.4) is 0 Å². The Balaban J connectivity index is 4.05. The SMILES string of the molecule is CC#CC(C)/C=C\CC/C=C(\SCCC)C(C)C. The van der Waals surface area contributed by atoms with Crippen LogP contribution < -0.4 is 0 Å². The van der Waals surface area contributed by atoms with Gasteiger partial charge in [0.15, 0.2) is 0 Å². The molecule has 0 radical (unpaired) electrons. The van der Waals surface area contributed by atoms with E-state index < -0.39 is 0 Å². The normalized spacial score (nSPS) is 13.8. The Morgan fingerprint density at radius 3 is 2.50 bits per heavy atom. The minimum atomic E-state index is 0.387. The molecule has 102 valence electrons. The molecule has 0 aromatic heterocycles. The third kappa shape index (κ3) is 9.42. The summed E-state index contributed by atoms with van der Waals surface area (Å²) in [6, 6.07) is 0. The first kappa shape index (κ1) is 17.4. The topological polar surface area (TPSA) is 0 Å². The molecule has 0 heterocycles. The van der Waals surface area contributed by atoms with E-state index in [2.05, 4.69) is 57.8 Å². The molecule has 0 aromatic carbocycles. The van der Waals surface area contributed by atoms with Crippen LogP contribution in [-0.4, -0.2) is 5.75 Å². The second kappa shape index (κ2) is 11.5. The zero-order valence-electron chi connectivity index (χ0n) is 12.6. The van der Waals surface area contributed by atoms with Gasteiger partial charge in [0.05, 0.1) is 0 Å². The summed E-state index contributed by atoms with van der Waals surface area (Å²) in [5.41, 5.74) is 0. The van der Waals surface area contributed by atoms with E-state index >= 15 is 0 Å². The second-order valence-corrected chi connectivity index (χ2v) is 5.97. The molecule has 18 heavy (non-hydrogen) atoms. The van der Waals surface area contributed by atoms with Gasteiger partial charge in [-0.2, -0.15) is 0 Å². The number of hydrogen-bond acceptors (Lipinski definition) is 1. The Morgan fingerprint density at radius 1 is 1.22 bits per heavy atom. The molecule has 0 fully saturated rings. The van der Waals surface area contributed by atoms with E-state index in [0.29, 0.717) is 11.8 Å². The molecule has 1 unspecified atom stereocenters. The van der Waals surface area contributed by atoms with Crippen molar-refractivity contribution in [3.8, 4) is 11.8 Å². The number of allylic oxidation sites excluding steroid dienone is 4. The molecule has 0 nitrogen and oxygen atoms in total. The van der Waals surface area contributed by atoms with Crippen molar-refractivity contribution in [1.82, 2.24) is 0 Å². The van der Waals surface area contributed by atoms with Gasteiger partial charge in [-0.05, 0) is 49.7 Å². The molecule has 0 amide bonds. The van der Waals surface area contributed by atoms with Crippen LogP contribution in [-0.2, 0) is 0 Å². The van der Waals surface area contributed by atoms with Gasteiger partial charge < -0.3 is 0 Å². The molecule has 0 bridgehead atoms. The lowest BCUT2D eigenvalue weighted by Gasteiger charge is -2.10. The molecule has 1 atom stereocenters. The summed E-state index contributed by atoms with van der Waals surface area (Å²) in [4.78, 5) is 1.55. The quantitative estimate of drug-likeness (QED) is 0.309. The maximum atomic E-state index is 3.13. The fourth-order valence-electron chi connectivity index (χ4n) is 1.58. The fraction of sp³-hybridized carbons (Fsp3) is 0.647. The third-order valence-corrected chi connectivity index (χ3v) is 4.10. The Bertz CT molecular complexity index is 312. The molecule has 0 N–H and O–H groups in total. The maximum Gasteiger partial charge on any atom is 0.0354 e. The summed E-state index contributed by atoms with van der Waals surface area (Å²) >= 11 is 2.02. The van der Waals surface area contributed by atoms with Gasteiger partial charge in [-0.3, -0.25) is 0 Å². The van der Waals surface area contributed by atoms with Gasteiger partial charge in [-0.1, -0.05) is 44.9 Å². The minimum absolute atomic E-state index is 0.387. The highest BCUT2D eigenvalue weighted by Crippen LogP contribution is 2.25. The zero-order valence-corrected chi connectivity index (χ0v) is 13.4. The number of thioether (sulfide) groups is 1. The summed E-state index contributed by atoms with van der Waals surface area (Å²) in [5.74, 6) is 8.37. The fourth-order valence-corrected chi connectivity index (χ4v) is 2.59. The molecule has 0 aliphatic rings. The van der Waals surface area contributed by atoms with Gasteiger partial charge in [0.25, 0.3) is 0 Å². The third-order valence-electron chi connectivity index (χ3n) is 2.52. The Morgan fingerprint density at radius 2 is 1.94 bits per heavy atom. The van der Waals surface area contributed by atoms with Crippen LogP contribution in [0.1, 0.15) is 53.9 Å². The molecule has 0 rings (SSSR count). The van der Waals surface area contributed by atoms with Gasteiger partial charge in [-0.15, -0.1) is 17.7 Å². The summed E-state index contributed by atoms with van der Waals surface area (Å²) in [7, 11) is 0. The van der Waals surface area contributed by atoms with Crippen molar-refractivity contribution in [2.75, 3.05) is 5.75 Å². The number of unbranched alkanes of at least 4 members (excludes halogenated alkanes) is 1. The average molecular weight is 264 g/mol. The molecular formula is C17H28S. The highest BCUT2D eigenvalue weighted by atomic mass is 32.2. The molecule has 0 aromatic rings. The molecule has 0 spiro atoms. The van der Waals surface area contributed by atoms with E-state index in [1.54, 1.807) is 4.91 Å². The molecule has 0 aliphatic heterocycles. The van der Waals surface area contributed by atoms with Gasteiger partial charge in [0.1, 0.15) is 0 Å². The Hall–Kier alpha value is -0.610. The first-order chi connectivity index (χ1) is 8.61. The first-order valence-electron chi connectivity index (χ1n) is 7.03. The number of rotatable bonds is 8. The van der Waals surface area contributed by atoms with Crippen LogP contribution >= 0.6 is 11.8 Å². The van der Waals surface area contributed by atoms with Crippen LogP contribution in [0.5, 0.6) is 0 Å². The van der Waals surface area contributed by atoms with Crippen molar-refractivity contribution >= 4 is 11.8 Å². The van der Waals surface area contributed by atoms with Crippen LogP contribution in [0, 0.1) is 23.7 Å². The largest absolute Gasteiger partial charge is 0.131 e. The molecule has 0 saturated heterocycles. The van der Waals surface area contributed by atoms with Crippen molar-refractivity contribution in [3.63, 3.8) is 0 Å². The van der Waals surface area contributed by atoms with E-state index in [4.69, 9.17) is 0 Å². The highest BCUT2D eigenvalue weighted by Gasteiger charge is 2.02. The van der Waals surface area contributed by atoms with Gasteiger partial charge in [0.2, 0.25) is 0 Å². The lowest BCUT2D eigenvalue weighted by Crippen LogP contribution is -1.91. The average Bonchev–Trinajstić information content (AvgIpc) is 2.32. The van der Waals surface area contributed by atoms with Crippen molar-refractivity contribution in [2.24, 2.45) is 11.8 Å². The Labute approximate surface area is 118 Å². The van der Waals surface area contributed by atoms with E-state index in [0.717, 1.165) is 12.8 Å². The monoisotopic (exact) mass is 264 g/mol. The second-order valence-electron chi connectivity index (χ2n) is 4.80. The standard InChI is InChI=1S/C17H28S/c1-6-11-16(5)12-9-8-10-13-17(15(3)4)18-14-7-2/h9,12-13,15-16H,7-8,10,14H2,1-5H3/b12-9-,17-13-. The summed E-state index contributed by atoms with van der Waals surface area (Å²) in [5, 5.41) is 0. The zero-order chi connectivity index (χ0) is 13.8. The van der Waals surface area contributed by atoms with E-state index in [1.807, 2.05) is 18.7 Å². The van der Waals surface area contributed by atoms with Gasteiger partial charge in [0, 0.05) is 5.92 Å². The van der Waals surface area contributed by atoms with Crippen LogP contribution in [0.2, 0.25) is 0 Å². The smallest absolute Gasteiger partial charge is 0.0354 e. The van der Waals surface area contributed by atoms with E-state index in [1.165, 1.54) is 12.2 Å². The maximum absolute atomic E-state index is 3.13. The first-order valence-corrected chi connectivity index (χ1v) is 8.02. The van der Waals surface area contributed by atoms with E-state index in [-0.39, 0.29) is 0 Å². The van der Waals surface area contributed by atoms with Crippen molar-refractivity contribution < 1.29 is 0 Å². The summed E-state index contributed by atoms with van der Waals surface area (Å²) in [6.45, 7) is 10.8. The molecule has 0 saturated carbocycles. The van der Waals surface area contributed by atoms with Gasteiger partial charge in [-0.25, -0.2) is 0 Å². The number of hydrogen-bond donors (Lipinski definition) is 0. The summed E-state index contributed by atoms with van der Waals surface area (Å²) in [6.07, 6.45) is 10.4. The van der Waals surface area contributed by atoms with Gasteiger partial charge >= 0.3 is 0 Å². The highest BCUT2D eigenvalue weighted by molar-refractivity contribution is 8.03. The van der Waals surface area contributed by atoms with Crippen LogP contribution in [0.15, 0.2) is 23.1 Å². The lowest BCUT2D eigenvalue weighted by atomic mass is 10.1. The van der Waals surface area contributed by atoms with E-state index in [9.17, 15) is 0 Å². The molecule has 1 heteroatoms. The summed E-state index contributed by atoms with van der Waals surface area (Å²) < 4.78 is 0. The molecular weight excluding hydrogens is 236 g/mol.